The lowest BCUT2D eigenvalue weighted by molar-refractivity contribution is 0.0731. The SMILES string of the molecule is COc1ccc2nc(C(=O)N3CCCC3Cc3ccccc3)ccc2c1. The minimum atomic E-state index is 0.0288. The third-order valence-electron chi connectivity index (χ3n) is 5.07. The number of benzene rings is 2. The summed E-state index contributed by atoms with van der Waals surface area (Å²) in [5.41, 5.74) is 2.61. The summed E-state index contributed by atoms with van der Waals surface area (Å²) in [5, 5.41) is 0.975. The van der Waals surface area contributed by atoms with E-state index in [1.165, 1.54) is 5.56 Å². The molecule has 2 aromatic carbocycles. The number of amides is 1. The van der Waals surface area contributed by atoms with Gasteiger partial charge < -0.3 is 9.64 Å². The molecule has 4 rings (SSSR count). The molecule has 4 nitrogen and oxygen atoms in total. The lowest BCUT2D eigenvalue weighted by Crippen LogP contribution is -2.37. The van der Waals surface area contributed by atoms with E-state index in [1.54, 1.807) is 7.11 Å². The number of rotatable bonds is 4. The highest BCUT2D eigenvalue weighted by Gasteiger charge is 2.30. The molecule has 0 N–H and O–H groups in total. The van der Waals surface area contributed by atoms with Crippen LogP contribution in [0.15, 0.2) is 60.7 Å². The topological polar surface area (TPSA) is 42.4 Å². The Morgan fingerprint density at radius 3 is 2.81 bits per heavy atom. The molecule has 0 spiro atoms. The Balaban J connectivity index is 1.57. The van der Waals surface area contributed by atoms with Crippen LogP contribution in [0.2, 0.25) is 0 Å². The summed E-state index contributed by atoms with van der Waals surface area (Å²) in [4.78, 5) is 19.6. The zero-order valence-electron chi connectivity index (χ0n) is 14.9. The van der Waals surface area contributed by atoms with E-state index in [-0.39, 0.29) is 11.9 Å². The number of hydrogen-bond acceptors (Lipinski definition) is 3. The molecule has 2 heterocycles. The van der Waals surface area contributed by atoms with E-state index >= 15 is 0 Å². The first kappa shape index (κ1) is 16.6. The number of aromatic nitrogens is 1. The first-order valence-corrected chi connectivity index (χ1v) is 9.04. The van der Waals surface area contributed by atoms with Gasteiger partial charge >= 0.3 is 0 Å². The highest BCUT2D eigenvalue weighted by Crippen LogP contribution is 2.25. The van der Waals surface area contributed by atoms with Crippen LogP contribution >= 0.6 is 0 Å². The van der Waals surface area contributed by atoms with Crippen molar-refractivity contribution in [1.82, 2.24) is 9.88 Å². The van der Waals surface area contributed by atoms with E-state index < -0.39 is 0 Å². The number of ether oxygens (including phenoxy) is 1. The number of pyridine rings is 1. The Bertz CT molecular complexity index is 924. The Labute approximate surface area is 153 Å². The van der Waals surface area contributed by atoms with Gasteiger partial charge in [0.1, 0.15) is 11.4 Å². The van der Waals surface area contributed by atoms with Crippen molar-refractivity contribution in [3.63, 3.8) is 0 Å². The average molecular weight is 346 g/mol. The Morgan fingerprint density at radius 2 is 2.00 bits per heavy atom. The van der Waals surface area contributed by atoms with Gasteiger partial charge in [-0.25, -0.2) is 4.98 Å². The second-order valence-electron chi connectivity index (χ2n) is 6.74. The van der Waals surface area contributed by atoms with Crippen molar-refractivity contribution < 1.29 is 9.53 Å². The predicted octanol–water partition coefficient (Wildman–Crippen LogP) is 4.09. The maximum Gasteiger partial charge on any atom is 0.272 e. The van der Waals surface area contributed by atoms with Gasteiger partial charge in [0.2, 0.25) is 0 Å². The van der Waals surface area contributed by atoms with Crippen molar-refractivity contribution >= 4 is 16.8 Å². The Kier molecular flexibility index (Phi) is 4.57. The third-order valence-corrected chi connectivity index (χ3v) is 5.07. The molecule has 1 aromatic heterocycles. The molecule has 1 amide bonds. The number of carbonyl (C=O) groups is 1. The van der Waals surface area contributed by atoms with Crippen molar-refractivity contribution in [3.05, 3.63) is 71.9 Å². The minimum Gasteiger partial charge on any atom is -0.497 e. The molecule has 3 aromatic rings. The fourth-order valence-electron chi connectivity index (χ4n) is 3.70. The van der Waals surface area contributed by atoms with Crippen LogP contribution < -0.4 is 4.74 Å². The number of likely N-dealkylation sites (tertiary alicyclic amines) is 1. The Morgan fingerprint density at radius 1 is 1.15 bits per heavy atom. The molecule has 0 aliphatic carbocycles. The van der Waals surface area contributed by atoms with Gasteiger partial charge in [-0.05, 0) is 49.1 Å². The first-order valence-electron chi connectivity index (χ1n) is 9.04. The van der Waals surface area contributed by atoms with E-state index in [0.29, 0.717) is 5.69 Å². The van der Waals surface area contributed by atoms with Crippen molar-refractivity contribution in [1.29, 1.82) is 0 Å². The minimum absolute atomic E-state index is 0.0288. The zero-order valence-corrected chi connectivity index (χ0v) is 14.9. The maximum atomic E-state index is 13.1. The smallest absolute Gasteiger partial charge is 0.272 e. The van der Waals surface area contributed by atoms with Gasteiger partial charge in [-0.3, -0.25) is 4.79 Å². The van der Waals surface area contributed by atoms with Crippen LogP contribution in [0.3, 0.4) is 0 Å². The Hall–Kier alpha value is -2.88. The number of methoxy groups -OCH3 is 1. The molecule has 132 valence electrons. The van der Waals surface area contributed by atoms with Gasteiger partial charge in [0.15, 0.2) is 0 Å². The quantitative estimate of drug-likeness (QED) is 0.714. The van der Waals surface area contributed by atoms with Crippen LogP contribution in [0, 0.1) is 0 Å². The number of nitrogens with zero attached hydrogens (tertiary/aromatic N) is 2. The van der Waals surface area contributed by atoms with Gasteiger partial charge in [0.05, 0.1) is 12.6 Å². The molecule has 1 unspecified atom stereocenters. The van der Waals surface area contributed by atoms with E-state index in [1.807, 2.05) is 41.3 Å². The van der Waals surface area contributed by atoms with Crippen molar-refractivity contribution in [2.45, 2.75) is 25.3 Å². The van der Waals surface area contributed by atoms with Crippen molar-refractivity contribution in [3.8, 4) is 5.75 Å². The van der Waals surface area contributed by atoms with Crippen LogP contribution in [-0.2, 0) is 6.42 Å². The second kappa shape index (κ2) is 7.16. The van der Waals surface area contributed by atoms with Gasteiger partial charge in [-0.2, -0.15) is 0 Å². The van der Waals surface area contributed by atoms with Crippen LogP contribution in [0.4, 0.5) is 0 Å². The summed E-state index contributed by atoms with van der Waals surface area (Å²) < 4.78 is 5.25. The summed E-state index contributed by atoms with van der Waals surface area (Å²) in [6, 6.07) is 20.1. The second-order valence-corrected chi connectivity index (χ2v) is 6.74. The van der Waals surface area contributed by atoms with Crippen LogP contribution in [0.5, 0.6) is 5.75 Å². The molecule has 0 radical (unpaired) electrons. The average Bonchev–Trinajstić information content (AvgIpc) is 3.15. The fraction of sp³-hybridized carbons (Fsp3) is 0.273. The van der Waals surface area contributed by atoms with Crippen LogP contribution in [0.1, 0.15) is 28.9 Å². The molecule has 4 heteroatoms. The summed E-state index contributed by atoms with van der Waals surface area (Å²) in [7, 11) is 1.65. The monoisotopic (exact) mass is 346 g/mol. The number of carbonyl (C=O) groups excluding carboxylic acids is 1. The third kappa shape index (κ3) is 3.27. The fourth-order valence-corrected chi connectivity index (χ4v) is 3.70. The summed E-state index contributed by atoms with van der Waals surface area (Å²) in [6.07, 6.45) is 3.00. The summed E-state index contributed by atoms with van der Waals surface area (Å²) in [5.74, 6) is 0.821. The molecule has 0 saturated carbocycles. The van der Waals surface area contributed by atoms with E-state index in [9.17, 15) is 4.79 Å². The molecule has 26 heavy (non-hydrogen) atoms. The standard InChI is InChI=1S/C22H22N2O2/c1-26-19-10-12-20-17(15-19)9-11-21(23-20)22(25)24-13-5-8-18(24)14-16-6-3-2-4-7-16/h2-4,6-7,9-12,15,18H,5,8,13-14H2,1H3. The van der Waals surface area contributed by atoms with E-state index in [2.05, 4.69) is 29.2 Å². The predicted molar refractivity (Wildman–Crippen MR) is 102 cm³/mol. The van der Waals surface area contributed by atoms with Crippen molar-refractivity contribution in [2.75, 3.05) is 13.7 Å². The van der Waals surface area contributed by atoms with Crippen LogP contribution in [0.25, 0.3) is 10.9 Å². The highest BCUT2D eigenvalue weighted by molar-refractivity contribution is 5.95. The molecule has 1 aliphatic rings. The number of hydrogen-bond donors (Lipinski definition) is 0. The lowest BCUT2D eigenvalue weighted by atomic mass is 10.0. The van der Waals surface area contributed by atoms with Crippen molar-refractivity contribution in [2.24, 2.45) is 0 Å². The summed E-state index contributed by atoms with van der Waals surface area (Å²) in [6.45, 7) is 0.804. The van der Waals surface area contributed by atoms with Gasteiger partial charge in [-0.15, -0.1) is 0 Å². The largest absolute Gasteiger partial charge is 0.497 e. The first-order chi connectivity index (χ1) is 12.7. The molecule has 1 saturated heterocycles. The lowest BCUT2D eigenvalue weighted by Gasteiger charge is -2.24. The molecule has 1 fully saturated rings. The van der Waals surface area contributed by atoms with Gasteiger partial charge in [-0.1, -0.05) is 36.4 Å². The number of fused-ring (bicyclic) bond motifs is 1. The molecule has 1 aliphatic heterocycles. The molecule has 0 bridgehead atoms. The normalized spacial score (nSPS) is 16.8. The zero-order chi connectivity index (χ0) is 17.9. The van der Waals surface area contributed by atoms with Gasteiger partial charge in [0.25, 0.3) is 5.91 Å². The van der Waals surface area contributed by atoms with E-state index in [4.69, 9.17) is 4.74 Å². The highest BCUT2D eigenvalue weighted by atomic mass is 16.5. The van der Waals surface area contributed by atoms with Crippen LogP contribution in [-0.4, -0.2) is 35.5 Å². The summed E-state index contributed by atoms with van der Waals surface area (Å²) >= 11 is 0. The maximum absolute atomic E-state index is 13.1. The van der Waals surface area contributed by atoms with Gasteiger partial charge in [0, 0.05) is 18.0 Å². The molecular weight excluding hydrogens is 324 g/mol. The van der Waals surface area contributed by atoms with E-state index in [0.717, 1.165) is 42.5 Å². The molecule has 1 atom stereocenters. The molecular formula is C22H22N2O2.